The molecule has 3 atom stereocenters. The molecule has 0 bridgehead atoms. The van der Waals surface area contributed by atoms with Crippen molar-refractivity contribution in [3.05, 3.63) is 0 Å². The van der Waals surface area contributed by atoms with Crippen LogP contribution in [0, 0.1) is 11.3 Å². The molecule has 70 valence electrons. The van der Waals surface area contributed by atoms with Gasteiger partial charge in [0.2, 0.25) is 0 Å². The molecule has 1 heterocycles. The predicted octanol–water partition coefficient (Wildman–Crippen LogP) is 2.99. The first-order valence-electron chi connectivity index (χ1n) is 5.22. The Labute approximate surface area is 75.5 Å². The summed E-state index contributed by atoms with van der Waals surface area (Å²) in [6, 6.07) is 0. The lowest BCUT2D eigenvalue weighted by molar-refractivity contribution is -0.105. The van der Waals surface area contributed by atoms with Crippen LogP contribution in [-0.2, 0) is 4.74 Å². The zero-order valence-electron chi connectivity index (χ0n) is 8.52. The van der Waals surface area contributed by atoms with E-state index in [1.54, 1.807) is 0 Å². The van der Waals surface area contributed by atoms with E-state index in [1.165, 1.54) is 25.7 Å². The highest BCUT2D eigenvalue weighted by Gasteiger charge is 2.54. The molecule has 0 aromatic heterocycles. The van der Waals surface area contributed by atoms with E-state index < -0.39 is 0 Å². The van der Waals surface area contributed by atoms with E-state index >= 15 is 0 Å². The maximum atomic E-state index is 5.96. The van der Waals surface area contributed by atoms with Gasteiger partial charge < -0.3 is 4.74 Å². The summed E-state index contributed by atoms with van der Waals surface area (Å²) in [6.07, 6.45) is 5.39. The van der Waals surface area contributed by atoms with Gasteiger partial charge >= 0.3 is 0 Å². The summed E-state index contributed by atoms with van der Waals surface area (Å²) in [4.78, 5) is 0. The van der Waals surface area contributed by atoms with Gasteiger partial charge in [-0.3, -0.25) is 0 Å². The minimum atomic E-state index is 0.186. The third-order valence-electron chi connectivity index (χ3n) is 4.56. The summed E-state index contributed by atoms with van der Waals surface area (Å²) in [7, 11) is 0. The number of ether oxygens (including phenoxy) is 1. The Kier molecular flexibility index (Phi) is 1.76. The molecule has 0 radical (unpaired) electrons. The Bertz CT molecular complexity index is 189. The highest BCUT2D eigenvalue weighted by molar-refractivity contribution is 5.03. The van der Waals surface area contributed by atoms with Gasteiger partial charge in [0.05, 0.1) is 5.60 Å². The van der Waals surface area contributed by atoms with Gasteiger partial charge in [-0.05, 0) is 37.5 Å². The minimum Gasteiger partial charge on any atom is -0.374 e. The second-order valence-corrected chi connectivity index (χ2v) is 5.06. The minimum absolute atomic E-state index is 0.186. The van der Waals surface area contributed by atoms with Crippen molar-refractivity contribution in [2.45, 2.75) is 52.1 Å². The quantitative estimate of drug-likeness (QED) is 0.540. The van der Waals surface area contributed by atoms with E-state index in [0.717, 1.165) is 12.5 Å². The number of hydrogen-bond donors (Lipinski definition) is 0. The van der Waals surface area contributed by atoms with Gasteiger partial charge in [0, 0.05) is 6.61 Å². The molecule has 2 fully saturated rings. The van der Waals surface area contributed by atoms with E-state index in [1.807, 2.05) is 0 Å². The van der Waals surface area contributed by atoms with E-state index in [0.29, 0.717) is 5.41 Å². The van der Waals surface area contributed by atoms with Crippen molar-refractivity contribution in [1.29, 1.82) is 0 Å². The Morgan fingerprint density at radius 2 is 2.00 bits per heavy atom. The van der Waals surface area contributed by atoms with E-state index in [9.17, 15) is 0 Å². The van der Waals surface area contributed by atoms with Crippen molar-refractivity contribution < 1.29 is 4.74 Å². The summed E-state index contributed by atoms with van der Waals surface area (Å²) in [5.41, 5.74) is 0.663. The lowest BCUT2D eigenvalue weighted by Gasteiger charge is -2.48. The Morgan fingerprint density at radius 3 is 2.67 bits per heavy atom. The maximum absolute atomic E-state index is 5.96. The summed E-state index contributed by atoms with van der Waals surface area (Å²) in [6.45, 7) is 8.07. The van der Waals surface area contributed by atoms with Crippen molar-refractivity contribution >= 4 is 0 Å². The van der Waals surface area contributed by atoms with E-state index in [4.69, 9.17) is 4.74 Å². The van der Waals surface area contributed by atoms with Gasteiger partial charge in [0.1, 0.15) is 0 Å². The smallest absolute Gasteiger partial charge is 0.0733 e. The number of hydrogen-bond acceptors (Lipinski definition) is 1. The molecule has 0 spiro atoms. The molecule has 1 aliphatic heterocycles. The molecule has 1 aliphatic carbocycles. The third-order valence-corrected chi connectivity index (χ3v) is 4.56. The third kappa shape index (κ3) is 0.891. The first kappa shape index (κ1) is 8.55. The standard InChI is InChI=1S/C11H20O/c1-9-5-4-6-10(2)7-8-12-11(9,10)3/h9H,4-8H2,1-3H3/t9-,10?,11-/m1/s1. The SMILES string of the molecule is C[C@@H]1CCCC2(C)CCO[C@]12C. The average Bonchev–Trinajstić information content (AvgIpc) is 2.30. The average molecular weight is 168 g/mol. The molecule has 1 saturated carbocycles. The van der Waals surface area contributed by atoms with Crippen molar-refractivity contribution in [1.82, 2.24) is 0 Å². The van der Waals surface area contributed by atoms with Crippen molar-refractivity contribution in [3.8, 4) is 0 Å². The maximum Gasteiger partial charge on any atom is 0.0733 e. The lowest BCUT2D eigenvalue weighted by atomic mass is 9.61. The van der Waals surface area contributed by atoms with Crippen LogP contribution < -0.4 is 0 Å². The first-order chi connectivity index (χ1) is 5.58. The van der Waals surface area contributed by atoms with Crippen LogP contribution >= 0.6 is 0 Å². The lowest BCUT2D eigenvalue weighted by Crippen LogP contribution is -2.48. The second-order valence-electron chi connectivity index (χ2n) is 5.06. The number of rotatable bonds is 0. The molecule has 0 aromatic rings. The van der Waals surface area contributed by atoms with E-state index in [-0.39, 0.29) is 5.60 Å². The van der Waals surface area contributed by atoms with E-state index in [2.05, 4.69) is 20.8 Å². The summed E-state index contributed by atoms with van der Waals surface area (Å²) < 4.78 is 5.96. The zero-order chi connectivity index (χ0) is 8.82. The molecule has 1 nitrogen and oxygen atoms in total. The summed E-state index contributed by atoms with van der Waals surface area (Å²) in [5.74, 6) is 0.749. The van der Waals surface area contributed by atoms with Gasteiger partial charge in [-0.2, -0.15) is 0 Å². The highest BCUT2D eigenvalue weighted by Crippen LogP contribution is 2.54. The van der Waals surface area contributed by atoms with Crippen molar-refractivity contribution in [2.24, 2.45) is 11.3 Å². The topological polar surface area (TPSA) is 9.23 Å². The van der Waals surface area contributed by atoms with Crippen LogP contribution in [0.5, 0.6) is 0 Å². The molecule has 12 heavy (non-hydrogen) atoms. The number of fused-ring (bicyclic) bond motifs is 1. The first-order valence-corrected chi connectivity index (χ1v) is 5.22. The summed E-state index contributed by atoms with van der Waals surface area (Å²) in [5, 5.41) is 0. The molecule has 1 heteroatoms. The monoisotopic (exact) mass is 168 g/mol. The fraction of sp³-hybridized carbons (Fsp3) is 1.00. The zero-order valence-corrected chi connectivity index (χ0v) is 8.52. The molecule has 2 rings (SSSR count). The van der Waals surface area contributed by atoms with Crippen LogP contribution in [-0.4, -0.2) is 12.2 Å². The molecule has 1 saturated heterocycles. The normalized spacial score (nSPS) is 53.8. The Balaban J connectivity index is 2.30. The van der Waals surface area contributed by atoms with Crippen LogP contribution in [0.25, 0.3) is 0 Å². The highest BCUT2D eigenvalue weighted by atomic mass is 16.5. The molecule has 0 aromatic carbocycles. The van der Waals surface area contributed by atoms with Gasteiger partial charge in [0.25, 0.3) is 0 Å². The summed E-state index contributed by atoms with van der Waals surface area (Å²) >= 11 is 0. The predicted molar refractivity (Wildman–Crippen MR) is 50.1 cm³/mol. The largest absolute Gasteiger partial charge is 0.374 e. The molecular weight excluding hydrogens is 148 g/mol. The van der Waals surface area contributed by atoms with Gasteiger partial charge in [0.15, 0.2) is 0 Å². The fourth-order valence-corrected chi connectivity index (χ4v) is 3.09. The van der Waals surface area contributed by atoms with Gasteiger partial charge in [-0.15, -0.1) is 0 Å². The van der Waals surface area contributed by atoms with Gasteiger partial charge in [-0.25, -0.2) is 0 Å². The molecule has 0 amide bonds. The Morgan fingerprint density at radius 1 is 1.25 bits per heavy atom. The molecule has 1 unspecified atom stereocenters. The second kappa shape index (κ2) is 2.47. The van der Waals surface area contributed by atoms with Crippen LogP contribution in [0.3, 0.4) is 0 Å². The molecular formula is C11H20O. The van der Waals surface area contributed by atoms with Crippen molar-refractivity contribution in [2.75, 3.05) is 6.61 Å². The van der Waals surface area contributed by atoms with Crippen LogP contribution in [0.1, 0.15) is 46.5 Å². The Hall–Kier alpha value is -0.0400. The van der Waals surface area contributed by atoms with Crippen LogP contribution in [0.2, 0.25) is 0 Å². The van der Waals surface area contributed by atoms with Gasteiger partial charge in [-0.1, -0.05) is 20.3 Å². The fourth-order valence-electron chi connectivity index (χ4n) is 3.09. The van der Waals surface area contributed by atoms with Crippen LogP contribution in [0.4, 0.5) is 0 Å². The van der Waals surface area contributed by atoms with Crippen molar-refractivity contribution in [3.63, 3.8) is 0 Å². The molecule has 2 aliphatic rings. The van der Waals surface area contributed by atoms with Crippen LogP contribution in [0.15, 0.2) is 0 Å². The molecule has 0 N–H and O–H groups in total.